The Bertz CT molecular complexity index is 313. The van der Waals surface area contributed by atoms with Crippen molar-refractivity contribution in [2.24, 2.45) is 17.8 Å². The van der Waals surface area contributed by atoms with Gasteiger partial charge in [-0.3, -0.25) is 4.79 Å². The number of hydrogen-bond acceptors (Lipinski definition) is 1. The van der Waals surface area contributed by atoms with Crippen LogP contribution in [0.3, 0.4) is 0 Å². The van der Waals surface area contributed by atoms with Crippen LogP contribution in [0.25, 0.3) is 0 Å². The molecule has 2 aliphatic rings. The number of aliphatic carboxylic acids is 1. The molecule has 1 N–H and O–H groups in total. The van der Waals surface area contributed by atoms with Crippen molar-refractivity contribution in [1.82, 2.24) is 0 Å². The van der Waals surface area contributed by atoms with Crippen LogP contribution in [0, 0.1) is 17.8 Å². The number of carboxylic acid groups (broad SMARTS) is 1. The summed E-state index contributed by atoms with van der Waals surface area (Å²) in [6, 6.07) is 4.60. The van der Waals surface area contributed by atoms with E-state index in [4.69, 9.17) is 5.11 Å². The highest BCUT2D eigenvalue weighted by atomic mass is 28.3. The van der Waals surface area contributed by atoms with Crippen molar-refractivity contribution in [3.8, 4) is 0 Å². The molecule has 2 rings (SSSR count). The summed E-state index contributed by atoms with van der Waals surface area (Å²) in [5.41, 5.74) is 0. The van der Waals surface area contributed by atoms with Gasteiger partial charge in [-0.25, -0.2) is 0 Å². The Kier molecular flexibility index (Phi) is 6.33. The highest BCUT2D eigenvalue weighted by molar-refractivity contribution is 6.58. The lowest BCUT2D eigenvalue weighted by molar-refractivity contribution is -0.143. The minimum Gasteiger partial charge on any atom is -0.481 e. The Morgan fingerprint density at radius 3 is 2.25 bits per heavy atom. The van der Waals surface area contributed by atoms with Gasteiger partial charge in [0.15, 0.2) is 0 Å². The Labute approximate surface area is 125 Å². The van der Waals surface area contributed by atoms with E-state index in [1.807, 2.05) is 0 Å². The summed E-state index contributed by atoms with van der Waals surface area (Å²) in [5.74, 6) is 1.15. The number of unbranched alkanes of at least 4 members (excludes halogenated alkanes) is 1. The maximum Gasteiger partial charge on any atom is 0.306 e. The molecule has 1 aliphatic heterocycles. The van der Waals surface area contributed by atoms with Crippen LogP contribution in [0.4, 0.5) is 0 Å². The summed E-state index contributed by atoms with van der Waals surface area (Å²) in [5, 5.41) is 9.07. The predicted molar refractivity (Wildman–Crippen MR) is 86.8 cm³/mol. The number of hydrogen-bond donors (Lipinski definition) is 1. The molecule has 0 aromatic carbocycles. The first-order chi connectivity index (χ1) is 9.70. The fourth-order valence-electron chi connectivity index (χ4n) is 4.34. The van der Waals surface area contributed by atoms with E-state index in [2.05, 4.69) is 12.7 Å². The van der Waals surface area contributed by atoms with Crippen molar-refractivity contribution in [3.63, 3.8) is 0 Å². The molecule has 0 unspecified atom stereocenters. The van der Waals surface area contributed by atoms with Crippen molar-refractivity contribution in [3.05, 3.63) is 12.7 Å². The third kappa shape index (κ3) is 4.47. The van der Waals surface area contributed by atoms with Gasteiger partial charge < -0.3 is 5.11 Å². The summed E-state index contributed by atoms with van der Waals surface area (Å²) in [6.45, 7) is 3.81. The molecule has 1 saturated carbocycles. The van der Waals surface area contributed by atoms with Crippen LogP contribution >= 0.6 is 0 Å². The van der Waals surface area contributed by atoms with Gasteiger partial charge in [-0.1, -0.05) is 43.5 Å². The standard InChI is InChI=1S/C17H30O2Si/c1-2-3-4-11-20-12-9-15(10-13-20)14-5-7-16(8-6-14)17(18)19/h2,14-16,20H,1,3-13H2,(H,18,19)/t14-,15?,16-,20?. The molecule has 0 amide bonds. The Hall–Kier alpha value is -0.573. The van der Waals surface area contributed by atoms with E-state index in [1.165, 1.54) is 44.6 Å². The van der Waals surface area contributed by atoms with Gasteiger partial charge in [-0.2, -0.15) is 0 Å². The maximum absolute atomic E-state index is 11.0. The first-order valence-corrected chi connectivity index (χ1v) is 11.0. The molecule has 0 bridgehead atoms. The van der Waals surface area contributed by atoms with Crippen LogP contribution in [-0.2, 0) is 4.79 Å². The second-order valence-corrected chi connectivity index (χ2v) is 10.4. The first-order valence-electron chi connectivity index (χ1n) is 8.54. The molecular weight excluding hydrogens is 264 g/mol. The molecule has 0 radical (unpaired) electrons. The van der Waals surface area contributed by atoms with E-state index in [1.54, 1.807) is 12.1 Å². The molecule has 3 heteroatoms. The SMILES string of the molecule is C=CCCC[SiH]1CCC([C@H]2CC[C@H](C(=O)O)CC2)CC1. The van der Waals surface area contributed by atoms with E-state index in [0.29, 0.717) is 0 Å². The van der Waals surface area contributed by atoms with E-state index in [0.717, 1.165) is 24.7 Å². The highest BCUT2D eigenvalue weighted by Gasteiger charge is 2.32. The summed E-state index contributed by atoms with van der Waals surface area (Å²) in [4.78, 5) is 11.0. The van der Waals surface area contributed by atoms with Gasteiger partial charge in [-0.05, 0) is 43.9 Å². The lowest BCUT2D eigenvalue weighted by atomic mass is 9.74. The highest BCUT2D eigenvalue weighted by Crippen LogP contribution is 2.41. The van der Waals surface area contributed by atoms with Crippen LogP contribution in [-0.4, -0.2) is 19.9 Å². The fourth-order valence-corrected chi connectivity index (χ4v) is 7.81. The Morgan fingerprint density at radius 1 is 1.10 bits per heavy atom. The van der Waals surface area contributed by atoms with Gasteiger partial charge in [0.05, 0.1) is 5.92 Å². The van der Waals surface area contributed by atoms with E-state index in [9.17, 15) is 4.79 Å². The fraction of sp³-hybridized carbons (Fsp3) is 0.824. The Morgan fingerprint density at radius 2 is 1.70 bits per heavy atom. The average Bonchev–Trinajstić information content (AvgIpc) is 2.48. The molecule has 1 aliphatic carbocycles. The summed E-state index contributed by atoms with van der Waals surface area (Å²) in [7, 11) is -0.421. The lowest BCUT2D eigenvalue weighted by Crippen LogP contribution is -2.30. The molecule has 1 heterocycles. The summed E-state index contributed by atoms with van der Waals surface area (Å²) < 4.78 is 0. The normalized spacial score (nSPS) is 34.6. The molecule has 0 aromatic rings. The zero-order valence-electron chi connectivity index (χ0n) is 12.7. The van der Waals surface area contributed by atoms with Crippen molar-refractivity contribution < 1.29 is 9.90 Å². The van der Waals surface area contributed by atoms with Gasteiger partial charge in [-0.15, -0.1) is 6.58 Å². The minimum atomic E-state index is -0.568. The monoisotopic (exact) mass is 294 g/mol. The number of allylic oxidation sites excluding steroid dienone is 1. The van der Waals surface area contributed by atoms with Crippen molar-refractivity contribution >= 4 is 14.8 Å². The van der Waals surface area contributed by atoms with E-state index < -0.39 is 14.8 Å². The van der Waals surface area contributed by atoms with Crippen LogP contribution < -0.4 is 0 Å². The van der Waals surface area contributed by atoms with Crippen LogP contribution in [0.15, 0.2) is 12.7 Å². The van der Waals surface area contributed by atoms with E-state index in [-0.39, 0.29) is 5.92 Å². The Balaban J connectivity index is 1.67. The second kappa shape index (κ2) is 8.01. The van der Waals surface area contributed by atoms with E-state index >= 15 is 0 Å². The van der Waals surface area contributed by atoms with Gasteiger partial charge in [0, 0.05) is 8.80 Å². The molecule has 1 saturated heterocycles. The van der Waals surface area contributed by atoms with Crippen molar-refractivity contribution in [1.29, 1.82) is 0 Å². The molecule has 114 valence electrons. The number of carboxylic acids is 1. The first kappa shape index (κ1) is 15.8. The average molecular weight is 295 g/mol. The second-order valence-electron chi connectivity index (χ2n) is 6.95. The zero-order chi connectivity index (χ0) is 14.4. The van der Waals surface area contributed by atoms with Gasteiger partial charge in [0.2, 0.25) is 0 Å². The minimum absolute atomic E-state index is 0.0455. The number of carbonyl (C=O) groups is 1. The van der Waals surface area contributed by atoms with Crippen LogP contribution in [0.1, 0.15) is 51.4 Å². The summed E-state index contributed by atoms with van der Waals surface area (Å²) >= 11 is 0. The van der Waals surface area contributed by atoms with Crippen LogP contribution in [0.5, 0.6) is 0 Å². The molecule has 2 fully saturated rings. The largest absolute Gasteiger partial charge is 0.481 e. The van der Waals surface area contributed by atoms with Crippen molar-refractivity contribution in [2.45, 2.75) is 69.5 Å². The number of rotatable bonds is 6. The predicted octanol–water partition coefficient (Wildman–Crippen LogP) is 4.48. The molecule has 2 nitrogen and oxygen atoms in total. The molecule has 0 atom stereocenters. The molecular formula is C17H30O2Si. The lowest BCUT2D eigenvalue weighted by Gasteiger charge is -2.36. The quantitative estimate of drug-likeness (QED) is 0.445. The van der Waals surface area contributed by atoms with Gasteiger partial charge in [0.1, 0.15) is 0 Å². The molecule has 0 aromatic heterocycles. The van der Waals surface area contributed by atoms with Crippen LogP contribution in [0.2, 0.25) is 18.1 Å². The third-order valence-corrected chi connectivity index (χ3v) is 9.22. The molecule has 20 heavy (non-hydrogen) atoms. The maximum atomic E-state index is 11.0. The smallest absolute Gasteiger partial charge is 0.306 e. The molecule has 0 spiro atoms. The van der Waals surface area contributed by atoms with Crippen molar-refractivity contribution in [2.75, 3.05) is 0 Å². The topological polar surface area (TPSA) is 37.3 Å². The van der Waals surface area contributed by atoms with Gasteiger partial charge in [0.25, 0.3) is 0 Å². The van der Waals surface area contributed by atoms with Gasteiger partial charge >= 0.3 is 5.97 Å². The third-order valence-electron chi connectivity index (χ3n) is 5.70. The zero-order valence-corrected chi connectivity index (χ0v) is 13.9. The summed E-state index contributed by atoms with van der Waals surface area (Å²) in [6.07, 6.45) is 11.7.